The van der Waals surface area contributed by atoms with Crippen molar-refractivity contribution < 1.29 is 14.1 Å². The van der Waals surface area contributed by atoms with Crippen molar-refractivity contribution in [1.82, 2.24) is 5.16 Å². The number of benzene rings is 2. The molecule has 6 rings (SSSR count). The number of aromatic nitrogens is 1. The number of nitrogens with one attached hydrogen (secondary N) is 1. The van der Waals surface area contributed by atoms with Gasteiger partial charge in [-0.2, -0.15) is 0 Å². The van der Waals surface area contributed by atoms with Crippen molar-refractivity contribution >= 4 is 22.6 Å². The van der Waals surface area contributed by atoms with Crippen LogP contribution in [0.25, 0.3) is 22.1 Å². The molecule has 1 aromatic heterocycles. The van der Waals surface area contributed by atoms with Crippen LogP contribution in [-0.4, -0.2) is 24.3 Å². The van der Waals surface area contributed by atoms with Crippen molar-refractivity contribution in [2.45, 2.75) is 44.4 Å². The number of carbonyl (C=O) groups is 1. The fourth-order valence-corrected chi connectivity index (χ4v) is 5.06. The topological polar surface area (TPSA) is 64.4 Å². The minimum Gasteiger partial charge on any atom is -0.381 e. The van der Waals surface area contributed by atoms with Crippen molar-refractivity contribution in [2.75, 3.05) is 18.5 Å². The summed E-state index contributed by atoms with van der Waals surface area (Å²) in [6, 6.07) is 10.6. The molecule has 0 unspecified atom stereocenters. The highest BCUT2D eigenvalue weighted by molar-refractivity contribution is 6.07. The molecule has 3 heterocycles. The molecule has 1 N–H and O–H groups in total. The summed E-state index contributed by atoms with van der Waals surface area (Å²) in [6.07, 6.45) is 5.08. The summed E-state index contributed by atoms with van der Waals surface area (Å²) in [5.74, 6) is 0.869. The summed E-state index contributed by atoms with van der Waals surface area (Å²) in [5.41, 5.74) is 6.79. The summed E-state index contributed by atoms with van der Waals surface area (Å²) >= 11 is 0. The van der Waals surface area contributed by atoms with Gasteiger partial charge in [-0.05, 0) is 73.8 Å². The van der Waals surface area contributed by atoms with E-state index >= 15 is 0 Å². The number of hydrogen-bond donors (Lipinski definition) is 1. The first-order chi connectivity index (χ1) is 14.2. The van der Waals surface area contributed by atoms with Gasteiger partial charge in [0, 0.05) is 29.9 Å². The second kappa shape index (κ2) is 6.17. The Balaban J connectivity index is 1.46. The first-order valence-corrected chi connectivity index (χ1v) is 10.6. The largest absolute Gasteiger partial charge is 0.381 e. The summed E-state index contributed by atoms with van der Waals surface area (Å²) in [4.78, 5) is 12.9. The quantitative estimate of drug-likeness (QED) is 0.703. The van der Waals surface area contributed by atoms with Crippen LogP contribution < -0.4 is 5.32 Å². The van der Waals surface area contributed by atoms with E-state index in [0.717, 1.165) is 69.8 Å². The molecule has 5 heteroatoms. The fourth-order valence-electron chi connectivity index (χ4n) is 5.06. The Hall–Kier alpha value is -2.66. The van der Waals surface area contributed by atoms with Gasteiger partial charge in [0.05, 0.1) is 11.1 Å². The van der Waals surface area contributed by atoms with Crippen LogP contribution in [0.4, 0.5) is 5.69 Å². The highest BCUT2D eigenvalue weighted by atomic mass is 16.5. The van der Waals surface area contributed by atoms with Crippen molar-refractivity contribution in [2.24, 2.45) is 5.92 Å². The Bertz CT molecular complexity index is 1140. The zero-order chi connectivity index (χ0) is 19.6. The van der Waals surface area contributed by atoms with Crippen LogP contribution >= 0.6 is 0 Å². The maximum Gasteiger partial charge on any atom is 0.235 e. The van der Waals surface area contributed by atoms with E-state index in [0.29, 0.717) is 13.2 Å². The smallest absolute Gasteiger partial charge is 0.235 e. The van der Waals surface area contributed by atoms with Crippen LogP contribution in [0, 0.1) is 12.8 Å². The average molecular weight is 388 g/mol. The molecular weight excluding hydrogens is 364 g/mol. The number of carbonyl (C=O) groups excluding carboxylic acids is 1. The minimum absolute atomic E-state index is 0.106. The third-order valence-electron chi connectivity index (χ3n) is 6.96. The Labute approximate surface area is 169 Å². The van der Waals surface area contributed by atoms with E-state index < -0.39 is 5.41 Å². The van der Waals surface area contributed by atoms with Gasteiger partial charge in [-0.1, -0.05) is 23.4 Å². The van der Waals surface area contributed by atoms with Crippen molar-refractivity contribution in [1.29, 1.82) is 0 Å². The monoisotopic (exact) mass is 388 g/mol. The van der Waals surface area contributed by atoms with Gasteiger partial charge in [0.15, 0.2) is 5.58 Å². The lowest BCUT2D eigenvalue weighted by Gasteiger charge is -2.31. The predicted octanol–water partition coefficient (Wildman–Crippen LogP) is 4.76. The lowest BCUT2D eigenvalue weighted by molar-refractivity contribution is -0.124. The van der Waals surface area contributed by atoms with Crippen molar-refractivity contribution in [3.8, 4) is 11.1 Å². The number of hydrogen-bond acceptors (Lipinski definition) is 4. The lowest BCUT2D eigenvalue weighted by Crippen LogP contribution is -2.39. The number of anilines is 1. The second-order valence-electron chi connectivity index (χ2n) is 8.82. The number of fused-ring (bicyclic) bond motifs is 3. The Morgan fingerprint density at radius 1 is 1.17 bits per heavy atom. The molecule has 1 amide bonds. The van der Waals surface area contributed by atoms with Crippen LogP contribution in [0.3, 0.4) is 0 Å². The van der Waals surface area contributed by atoms with E-state index in [4.69, 9.17) is 9.26 Å². The summed E-state index contributed by atoms with van der Waals surface area (Å²) < 4.78 is 11.4. The predicted molar refractivity (Wildman–Crippen MR) is 111 cm³/mol. The van der Waals surface area contributed by atoms with Gasteiger partial charge in [0.25, 0.3) is 0 Å². The normalized spacial score (nSPS) is 20.2. The van der Waals surface area contributed by atoms with Gasteiger partial charge < -0.3 is 14.6 Å². The van der Waals surface area contributed by atoms with Gasteiger partial charge in [-0.15, -0.1) is 0 Å². The van der Waals surface area contributed by atoms with E-state index in [9.17, 15) is 4.79 Å². The van der Waals surface area contributed by atoms with Crippen LogP contribution in [0.1, 0.15) is 42.5 Å². The summed E-state index contributed by atoms with van der Waals surface area (Å²) in [5, 5.41) is 8.65. The van der Waals surface area contributed by atoms with Gasteiger partial charge in [-0.25, -0.2) is 0 Å². The zero-order valence-electron chi connectivity index (χ0n) is 16.6. The molecule has 29 heavy (non-hydrogen) atoms. The molecule has 1 saturated carbocycles. The highest BCUT2D eigenvalue weighted by Gasteiger charge is 2.47. The molecular formula is C24H24N2O3. The minimum atomic E-state index is -0.434. The molecule has 5 nitrogen and oxygen atoms in total. The molecule has 0 radical (unpaired) electrons. The number of rotatable bonds is 3. The molecule has 0 atom stereocenters. The highest BCUT2D eigenvalue weighted by Crippen LogP contribution is 2.46. The molecule has 1 spiro atoms. The maximum atomic E-state index is 12.9. The lowest BCUT2D eigenvalue weighted by atomic mass is 9.75. The molecule has 148 valence electrons. The van der Waals surface area contributed by atoms with Crippen LogP contribution in [-0.2, 0) is 21.4 Å². The van der Waals surface area contributed by atoms with Gasteiger partial charge in [0.2, 0.25) is 5.91 Å². The Kier molecular flexibility index (Phi) is 3.66. The maximum absolute atomic E-state index is 12.9. The van der Waals surface area contributed by atoms with E-state index in [1.54, 1.807) is 0 Å². The van der Waals surface area contributed by atoms with E-state index in [1.807, 2.05) is 0 Å². The number of amides is 1. The summed E-state index contributed by atoms with van der Waals surface area (Å²) in [7, 11) is 0. The molecule has 1 saturated heterocycles. The van der Waals surface area contributed by atoms with E-state index in [1.165, 1.54) is 12.8 Å². The van der Waals surface area contributed by atoms with Crippen molar-refractivity contribution in [3.63, 3.8) is 0 Å². The molecule has 2 aliphatic heterocycles. The average Bonchev–Trinajstić information content (AvgIpc) is 3.41. The molecule has 1 aliphatic carbocycles. The molecule has 3 aliphatic rings. The SMILES string of the molecule is Cc1ccc2c(CC3CC3)noc2c1-c1ccc2c(c1)NC(=O)C21CCOCC1. The Morgan fingerprint density at radius 3 is 2.79 bits per heavy atom. The molecule has 3 aromatic rings. The molecule has 2 aromatic carbocycles. The van der Waals surface area contributed by atoms with Crippen LogP contribution in [0.5, 0.6) is 0 Å². The van der Waals surface area contributed by atoms with Crippen LogP contribution in [0.2, 0.25) is 0 Å². The third kappa shape index (κ3) is 2.57. The van der Waals surface area contributed by atoms with Gasteiger partial charge in [0.1, 0.15) is 0 Å². The number of ether oxygens (including phenoxy) is 1. The van der Waals surface area contributed by atoms with E-state index in [-0.39, 0.29) is 5.91 Å². The first kappa shape index (κ1) is 17.2. The summed E-state index contributed by atoms with van der Waals surface area (Å²) in [6.45, 7) is 3.37. The second-order valence-corrected chi connectivity index (χ2v) is 8.82. The number of aryl methyl sites for hydroxylation is 1. The standard InChI is InChI=1S/C24H24N2O3/c1-14-2-6-17-19(12-15-3-4-15)26-29-22(17)21(14)16-5-7-18-20(13-16)25-23(27)24(18)8-10-28-11-9-24/h2,5-7,13,15H,3-4,8-12H2,1H3,(H,25,27). The van der Waals surface area contributed by atoms with Crippen molar-refractivity contribution in [3.05, 3.63) is 47.2 Å². The van der Waals surface area contributed by atoms with Gasteiger partial charge in [-0.3, -0.25) is 4.79 Å². The van der Waals surface area contributed by atoms with E-state index in [2.05, 4.69) is 47.7 Å². The zero-order valence-corrected chi connectivity index (χ0v) is 16.6. The first-order valence-electron chi connectivity index (χ1n) is 10.6. The molecule has 0 bridgehead atoms. The molecule has 2 fully saturated rings. The Morgan fingerprint density at radius 2 is 2.00 bits per heavy atom. The van der Waals surface area contributed by atoms with Crippen LogP contribution in [0.15, 0.2) is 34.9 Å². The van der Waals surface area contributed by atoms with Gasteiger partial charge >= 0.3 is 0 Å². The number of nitrogens with zero attached hydrogens (tertiary/aromatic N) is 1. The fraction of sp³-hybridized carbons (Fsp3) is 0.417. The third-order valence-corrected chi connectivity index (χ3v) is 6.96.